The highest BCUT2D eigenvalue weighted by atomic mass is 16.5. The third-order valence-corrected chi connectivity index (χ3v) is 3.90. The number of nitrogens with one attached hydrogen (secondary N) is 1. The molecule has 0 radical (unpaired) electrons. The van der Waals surface area contributed by atoms with E-state index in [1.807, 2.05) is 4.90 Å². The van der Waals surface area contributed by atoms with E-state index in [0.717, 1.165) is 26.1 Å². The van der Waals surface area contributed by atoms with Crippen LogP contribution in [0.15, 0.2) is 18.3 Å². The van der Waals surface area contributed by atoms with E-state index in [4.69, 9.17) is 4.74 Å². The number of pyridine rings is 1. The van der Waals surface area contributed by atoms with Crippen LogP contribution in [0.2, 0.25) is 0 Å². The van der Waals surface area contributed by atoms with Crippen LogP contribution < -0.4 is 10.1 Å². The van der Waals surface area contributed by atoms with Crippen LogP contribution in [0.4, 0.5) is 0 Å². The van der Waals surface area contributed by atoms with Gasteiger partial charge >= 0.3 is 0 Å². The molecule has 0 aliphatic carbocycles. The highest BCUT2D eigenvalue weighted by molar-refractivity contribution is 5.96. The number of hydrogen-bond donors (Lipinski definition) is 1. The first-order valence-corrected chi connectivity index (χ1v) is 6.32. The van der Waals surface area contributed by atoms with Gasteiger partial charge in [-0.3, -0.25) is 4.79 Å². The number of rotatable bonds is 2. The normalized spacial score (nSPS) is 26.2. The van der Waals surface area contributed by atoms with Gasteiger partial charge in [-0.25, -0.2) is 4.98 Å². The van der Waals surface area contributed by atoms with Gasteiger partial charge in [-0.05, 0) is 24.5 Å². The van der Waals surface area contributed by atoms with E-state index in [-0.39, 0.29) is 5.91 Å². The maximum absolute atomic E-state index is 12.5. The molecule has 2 fully saturated rings. The minimum absolute atomic E-state index is 0.0381. The molecular formula is C13H17N3O2. The zero-order chi connectivity index (χ0) is 12.5. The Kier molecular flexibility index (Phi) is 2.91. The smallest absolute Gasteiger partial charge is 0.259 e. The van der Waals surface area contributed by atoms with E-state index in [2.05, 4.69) is 10.3 Å². The Morgan fingerprint density at radius 3 is 3.28 bits per heavy atom. The van der Waals surface area contributed by atoms with Crippen molar-refractivity contribution in [1.29, 1.82) is 0 Å². The molecule has 2 aliphatic heterocycles. The van der Waals surface area contributed by atoms with Crippen molar-refractivity contribution in [3.8, 4) is 5.88 Å². The van der Waals surface area contributed by atoms with E-state index >= 15 is 0 Å². The second kappa shape index (κ2) is 4.57. The number of carbonyl (C=O) groups excluding carboxylic acids is 1. The molecule has 3 heterocycles. The fraction of sp³-hybridized carbons (Fsp3) is 0.538. The number of methoxy groups -OCH3 is 1. The molecule has 2 aliphatic rings. The van der Waals surface area contributed by atoms with Gasteiger partial charge in [0, 0.05) is 31.9 Å². The summed E-state index contributed by atoms with van der Waals surface area (Å²) in [5, 5.41) is 3.35. The Bertz CT molecular complexity index is 463. The van der Waals surface area contributed by atoms with Crippen molar-refractivity contribution in [2.24, 2.45) is 5.92 Å². The van der Waals surface area contributed by atoms with Crippen molar-refractivity contribution >= 4 is 5.91 Å². The minimum Gasteiger partial charge on any atom is -0.480 e. The van der Waals surface area contributed by atoms with Crippen molar-refractivity contribution in [2.75, 3.05) is 26.7 Å². The van der Waals surface area contributed by atoms with Crippen LogP contribution in [0.25, 0.3) is 0 Å². The van der Waals surface area contributed by atoms with Crippen LogP contribution in [0.3, 0.4) is 0 Å². The van der Waals surface area contributed by atoms with E-state index in [1.54, 1.807) is 25.4 Å². The van der Waals surface area contributed by atoms with Gasteiger partial charge in [0.25, 0.3) is 5.91 Å². The summed E-state index contributed by atoms with van der Waals surface area (Å²) in [6.07, 6.45) is 2.73. The van der Waals surface area contributed by atoms with E-state index < -0.39 is 0 Å². The molecule has 2 saturated heterocycles. The maximum atomic E-state index is 12.5. The summed E-state index contributed by atoms with van der Waals surface area (Å²) >= 11 is 0. The predicted octanol–water partition coefficient (Wildman–Crippen LogP) is 0.524. The second-order valence-corrected chi connectivity index (χ2v) is 4.83. The molecule has 5 heteroatoms. The monoisotopic (exact) mass is 247 g/mol. The molecule has 3 rings (SSSR count). The number of aromatic nitrogens is 1. The highest BCUT2D eigenvalue weighted by Gasteiger charge is 2.40. The topological polar surface area (TPSA) is 54.5 Å². The molecule has 0 spiro atoms. The van der Waals surface area contributed by atoms with E-state index in [1.165, 1.54) is 0 Å². The lowest BCUT2D eigenvalue weighted by atomic mass is 10.0. The first-order valence-electron chi connectivity index (χ1n) is 6.32. The van der Waals surface area contributed by atoms with Gasteiger partial charge in [0.2, 0.25) is 5.88 Å². The zero-order valence-electron chi connectivity index (χ0n) is 10.4. The second-order valence-electron chi connectivity index (χ2n) is 4.83. The molecule has 1 N–H and O–H groups in total. The van der Waals surface area contributed by atoms with Gasteiger partial charge in [0.05, 0.1) is 7.11 Å². The van der Waals surface area contributed by atoms with Gasteiger partial charge in [0.15, 0.2) is 0 Å². The Labute approximate surface area is 106 Å². The van der Waals surface area contributed by atoms with E-state index in [0.29, 0.717) is 23.4 Å². The number of fused-ring (bicyclic) bond motifs is 1. The number of carbonyl (C=O) groups is 1. The molecule has 5 nitrogen and oxygen atoms in total. The Hall–Kier alpha value is -1.62. The molecule has 0 bridgehead atoms. The Morgan fingerprint density at radius 2 is 2.44 bits per heavy atom. The molecule has 0 unspecified atom stereocenters. The maximum Gasteiger partial charge on any atom is 0.259 e. The molecule has 96 valence electrons. The Balaban J connectivity index is 1.86. The van der Waals surface area contributed by atoms with Crippen LogP contribution >= 0.6 is 0 Å². The molecular weight excluding hydrogens is 230 g/mol. The molecule has 2 atom stereocenters. The lowest BCUT2D eigenvalue weighted by Gasteiger charge is -2.23. The van der Waals surface area contributed by atoms with Crippen molar-refractivity contribution in [3.63, 3.8) is 0 Å². The van der Waals surface area contributed by atoms with Crippen LogP contribution in [0.5, 0.6) is 5.88 Å². The summed E-state index contributed by atoms with van der Waals surface area (Å²) in [4.78, 5) is 18.6. The van der Waals surface area contributed by atoms with Gasteiger partial charge in [-0.15, -0.1) is 0 Å². The summed E-state index contributed by atoms with van der Waals surface area (Å²) in [5.74, 6) is 1.06. The third-order valence-electron chi connectivity index (χ3n) is 3.90. The third kappa shape index (κ3) is 1.75. The number of hydrogen-bond acceptors (Lipinski definition) is 4. The number of ether oxygens (including phenoxy) is 1. The summed E-state index contributed by atoms with van der Waals surface area (Å²) < 4.78 is 5.16. The van der Waals surface area contributed by atoms with Crippen LogP contribution in [0, 0.1) is 5.92 Å². The number of likely N-dealkylation sites (tertiary alicyclic amines) is 1. The number of amides is 1. The van der Waals surface area contributed by atoms with Crippen LogP contribution in [-0.2, 0) is 0 Å². The first-order chi connectivity index (χ1) is 8.81. The first kappa shape index (κ1) is 11.5. The van der Waals surface area contributed by atoms with Crippen LogP contribution in [-0.4, -0.2) is 48.6 Å². The molecule has 1 aromatic rings. The van der Waals surface area contributed by atoms with E-state index in [9.17, 15) is 4.79 Å². The molecule has 0 saturated carbocycles. The molecule has 18 heavy (non-hydrogen) atoms. The lowest BCUT2D eigenvalue weighted by Crippen LogP contribution is -2.39. The van der Waals surface area contributed by atoms with Crippen molar-refractivity contribution in [3.05, 3.63) is 23.9 Å². The fourth-order valence-electron chi connectivity index (χ4n) is 2.97. The standard InChI is InChI=1S/C13H17N3O2/c1-18-12-10(3-2-5-15-12)13(17)16-6-4-9-7-14-8-11(9)16/h2-3,5,9,11,14H,4,6-8H2,1H3/t9-,11+/m0/s1. The van der Waals surface area contributed by atoms with Crippen molar-refractivity contribution in [2.45, 2.75) is 12.5 Å². The van der Waals surface area contributed by atoms with Crippen LogP contribution in [0.1, 0.15) is 16.8 Å². The average molecular weight is 247 g/mol. The fourth-order valence-corrected chi connectivity index (χ4v) is 2.97. The summed E-state index contributed by atoms with van der Waals surface area (Å²) in [5.41, 5.74) is 0.563. The van der Waals surface area contributed by atoms with Gasteiger partial charge < -0.3 is 15.0 Å². The molecule has 0 aromatic carbocycles. The number of nitrogens with zero attached hydrogens (tertiary/aromatic N) is 2. The minimum atomic E-state index is 0.0381. The molecule has 1 amide bonds. The van der Waals surface area contributed by atoms with Crippen molar-refractivity contribution < 1.29 is 9.53 Å². The highest BCUT2D eigenvalue weighted by Crippen LogP contribution is 2.29. The summed E-state index contributed by atoms with van der Waals surface area (Å²) in [6.45, 7) is 2.77. The SMILES string of the molecule is COc1ncccc1C(=O)N1CC[C@H]2CNC[C@H]21. The quantitative estimate of drug-likeness (QED) is 0.828. The van der Waals surface area contributed by atoms with Crippen molar-refractivity contribution in [1.82, 2.24) is 15.2 Å². The molecule has 1 aromatic heterocycles. The van der Waals surface area contributed by atoms with Gasteiger partial charge in [-0.1, -0.05) is 0 Å². The van der Waals surface area contributed by atoms with Gasteiger partial charge in [-0.2, -0.15) is 0 Å². The largest absolute Gasteiger partial charge is 0.480 e. The zero-order valence-corrected chi connectivity index (χ0v) is 10.4. The predicted molar refractivity (Wildman–Crippen MR) is 66.6 cm³/mol. The lowest BCUT2D eigenvalue weighted by molar-refractivity contribution is 0.0733. The van der Waals surface area contributed by atoms with Gasteiger partial charge in [0.1, 0.15) is 5.56 Å². The average Bonchev–Trinajstić information content (AvgIpc) is 3.00. The summed E-state index contributed by atoms with van der Waals surface area (Å²) in [7, 11) is 1.54. The Morgan fingerprint density at radius 1 is 1.56 bits per heavy atom. The summed E-state index contributed by atoms with van der Waals surface area (Å²) in [6, 6.07) is 3.89.